The highest BCUT2D eigenvalue weighted by atomic mass is 16.5. The maximum atomic E-state index is 10.9. The zero-order chi connectivity index (χ0) is 9.84. The van der Waals surface area contributed by atoms with Crippen molar-refractivity contribution < 1.29 is 19.4 Å². The third kappa shape index (κ3) is 2.02. The first-order chi connectivity index (χ1) is 6.15. The van der Waals surface area contributed by atoms with Gasteiger partial charge < -0.3 is 9.84 Å². The van der Waals surface area contributed by atoms with Crippen molar-refractivity contribution in [2.45, 2.75) is 0 Å². The summed E-state index contributed by atoms with van der Waals surface area (Å²) < 4.78 is 4.38. The molecular formula is C8H7NO4. The Morgan fingerprint density at radius 2 is 2.23 bits per heavy atom. The lowest BCUT2D eigenvalue weighted by atomic mass is 10.2. The van der Waals surface area contributed by atoms with Gasteiger partial charge in [0.25, 0.3) is 0 Å². The number of nitrogens with zero attached hydrogens (tertiary/aromatic N) is 1. The molecule has 0 saturated heterocycles. The van der Waals surface area contributed by atoms with Crippen LogP contribution >= 0.6 is 0 Å². The molecule has 0 aliphatic carbocycles. The van der Waals surface area contributed by atoms with Crippen LogP contribution in [0.5, 0.6) is 0 Å². The molecule has 0 unspecified atom stereocenters. The van der Waals surface area contributed by atoms with E-state index in [1.54, 1.807) is 0 Å². The number of aromatic nitrogens is 1. The Bertz CT molecular complexity index is 348. The lowest BCUT2D eigenvalue weighted by Crippen LogP contribution is -2.06. The van der Waals surface area contributed by atoms with Crippen LogP contribution in [0.4, 0.5) is 0 Å². The number of aromatic carboxylic acids is 1. The molecule has 1 aromatic rings. The normalized spacial score (nSPS) is 9.31. The molecule has 0 bridgehead atoms. The number of carbonyl (C=O) groups is 2. The molecule has 1 aromatic heterocycles. The smallest absolute Gasteiger partial charge is 0.356 e. The van der Waals surface area contributed by atoms with Crippen LogP contribution in [0.3, 0.4) is 0 Å². The summed E-state index contributed by atoms with van der Waals surface area (Å²) in [7, 11) is 1.21. The van der Waals surface area contributed by atoms with Crippen LogP contribution < -0.4 is 0 Å². The number of hydrogen-bond acceptors (Lipinski definition) is 4. The third-order valence-corrected chi connectivity index (χ3v) is 1.40. The van der Waals surface area contributed by atoms with Gasteiger partial charge in [0.15, 0.2) is 0 Å². The summed E-state index contributed by atoms with van der Waals surface area (Å²) in [6.07, 6.45) is 1.25. The largest absolute Gasteiger partial charge is 0.478 e. The Labute approximate surface area is 74.0 Å². The lowest BCUT2D eigenvalue weighted by molar-refractivity contribution is 0.0594. The maximum absolute atomic E-state index is 10.9. The SMILES string of the molecule is COC(=O)c1cc(C(=O)O)ccn1. The first kappa shape index (κ1) is 9.18. The average Bonchev–Trinajstić information content (AvgIpc) is 2.17. The summed E-state index contributed by atoms with van der Waals surface area (Å²) in [6.45, 7) is 0. The number of esters is 1. The predicted molar refractivity (Wildman–Crippen MR) is 42.5 cm³/mol. The minimum Gasteiger partial charge on any atom is -0.478 e. The standard InChI is InChI=1S/C8H7NO4/c1-13-8(12)6-4-5(7(10)11)2-3-9-6/h2-4H,1H3,(H,10,11). The fourth-order valence-corrected chi connectivity index (χ4v) is 0.780. The molecule has 0 saturated carbocycles. The molecule has 0 amide bonds. The van der Waals surface area contributed by atoms with E-state index in [9.17, 15) is 9.59 Å². The van der Waals surface area contributed by atoms with Gasteiger partial charge in [0.1, 0.15) is 5.69 Å². The Kier molecular flexibility index (Phi) is 2.59. The average molecular weight is 181 g/mol. The number of rotatable bonds is 2. The van der Waals surface area contributed by atoms with E-state index >= 15 is 0 Å². The van der Waals surface area contributed by atoms with Gasteiger partial charge in [0, 0.05) is 6.20 Å². The summed E-state index contributed by atoms with van der Waals surface area (Å²) in [5.74, 6) is -1.75. The van der Waals surface area contributed by atoms with E-state index in [0.717, 1.165) is 6.07 Å². The highest BCUT2D eigenvalue weighted by molar-refractivity contribution is 5.92. The minimum absolute atomic E-state index is 0.00963. The van der Waals surface area contributed by atoms with Gasteiger partial charge in [0.05, 0.1) is 12.7 Å². The van der Waals surface area contributed by atoms with Gasteiger partial charge >= 0.3 is 11.9 Å². The molecule has 0 aliphatic heterocycles. The summed E-state index contributed by atoms with van der Waals surface area (Å²) in [4.78, 5) is 25.0. The summed E-state index contributed by atoms with van der Waals surface area (Å²) in [6, 6.07) is 2.46. The number of ether oxygens (including phenoxy) is 1. The van der Waals surface area contributed by atoms with Crippen molar-refractivity contribution in [3.8, 4) is 0 Å². The first-order valence-electron chi connectivity index (χ1n) is 3.43. The molecule has 68 valence electrons. The van der Waals surface area contributed by atoms with Crippen LogP contribution in [0.15, 0.2) is 18.3 Å². The van der Waals surface area contributed by atoms with Gasteiger partial charge in [0.2, 0.25) is 0 Å². The van der Waals surface area contributed by atoms with E-state index in [1.165, 1.54) is 19.4 Å². The molecular weight excluding hydrogens is 174 g/mol. The number of methoxy groups -OCH3 is 1. The molecule has 5 heteroatoms. The third-order valence-electron chi connectivity index (χ3n) is 1.40. The first-order valence-corrected chi connectivity index (χ1v) is 3.43. The highest BCUT2D eigenvalue weighted by Crippen LogP contribution is 2.02. The van der Waals surface area contributed by atoms with E-state index in [2.05, 4.69) is 9.72 Å². The lowest BCUT2D eigenvalue weighted by Gasteiger charge is -1.98. The van der Waals surface area contributed by atoms with Crippen LogP contribution in [0.1, 0.15) is 20.8 Å². The van der Waals surface area contributed by atoms with Crippen LogP contribution in [0, 0.1) is 0 Å². The maximum Gasteiger partial charge on any atom is 0.356 e. The molecule has 5 nitrogen and oxygen atoms in total. The van der Waals surface area contributed by atoms with Crippen LogP contribution in [0.25, 0.3) is 0 Å². The van der Waals surface area contributed by atoms with Gasteiger partial charge in [-0.3, -0.25) is 0 Å². The monoisotopic (exact) mass is 181 g/mol. The van der Waals surface area contributed by atoms with Crippen molar-refractivity contribution in [3.63, 3.8) is 0 Å². The Balaban J connectivity index is 3.05. The van der Waals surface area contributed by atoms with Gasteiger partial charge in [-0.05, 0) is 12.1 Å². The van der Waals surface area contributed by atoms with E-state index in [1.807, 2.05) is 0 Å². The van der Waals surface area contributed by atoms with Gasteiger partial charge in [-0.15, -0.1) is 0 Å². The second-order valence-electron chi connectivity index (χ2n) is 2.23. The second kappa shape index (κ2) is 3.66. The number of hydrogen-bond donors (Lipinski definition) is 1. The fraction of sp³-hybridized carbons (Fsp3) is 0.125. The molecule has 0 spiro atoms. The Morgan fingerprint density at radius 3 is 2.77 bits per heavy atom. The van der Waals surface area contributed by atoms with Crippen molar-refractivity contribution in [1.82, 2.24) is 4.98 Å². The van der Waals surface area contributed by atoms with E-state index in [4.69, 9.17) is 5.11 Å². The van der Waals surface area contributed by atoms with E-state index in [-0.39, 0.29) is 11.3 Å². The highest BCUT2D eigenvalue weighted by Gasteiger charge is 2.10. The number of carboxylic acid groups (broad SMARTS) is 1. The minimum atomic E-state index is -1.10. The zero-order valence-corrected chi connectivity index (χ0v) is 6.85. The van der Waals surface area contributed by atoms with Crippen molar-refractivity contribution in [2.75, 3.05) is 7.11 Å². The van der Waals surface area contributed by atoms with Gasteiger partial charge in [-0.2, -0.15) is 0 Å². The van der Waals surface area contributed by atoms with Crippen molar-refractivity contribution in [2.24, 2.45) is 0 Å². The second-order valence-corrected chi connectivity index (χ2v) is 2.23. The van der Waals surface area contributed by atoms with Crippen molar-refractivity contribution >= 4 is 11.9 Å². The predicted octanol–water partition coefficient (Wildman–Crippen LogP) is 0.566. The molecule has 1 N–H and O–H groups in total. The van der Waals surface area contributed by atoms with Crippen molar-refractivity contribution in [1.29, 1.82) is 0 Å². The topological polar surface area (TPSA) is 76.5 Å². The van der Waals surface area contributed by atoms with Crippen LogP contribution in [-0.2, 0) is 4.74 Å². The molecule has 1 rings (SSSR count). The molecule has 1 heterocycles. The summed E-state index contributed by atoms with van der Waals surface area (Å²) >= 11 is 0. The molecule has 0 aliphatic rings. The number of carbonyl (C=O) groups excluding carboxylic acids is 1. The van der Waals surface area contributed by atoms with Gasteiger partial charge in [-0.1, -0.05) is 0 Å². The van der Waals surface area contributed by atoms with E-state index in [0.29, 0.717) is 0 Å². The molecule has 0 radical (unpaired) electrons. The summed E-state index contributed by atoms with van der Waals surface area (Å²) in [5, 5.41) is 8.58. The molecule has 0 aromatic carbocycles. The summed E-state index contributed by atoms with van der Waals surface area (Å²) in [5.41, 5.74) is -0.00204. The fourth-order valence-electron chi connectivity index (χ4n) is 0.780. The molecule has 13 heavy (non-hydrogen) atoms. The quantitative estimate of drug-likeness (QED) is 0.675. The van der Waals surface area contributed by atoms with Gasteiger partial charge in [-0.25, -0.2) is 14.6 Å². The van der Waals surface area contributed by atoms with Crippen LogP contribution in [0.2, 0.25) is 0 Å². The Hall–Kier alpha value is -1.91. The number of pyridine rings is 1. The molecule has 0 atom stereocenters. The Morgan fingerprint density at radius 1 is 1.54 bits per heavy atom. The number of carboxylic acids is 1. The van der Waals surface area contributed by atoms with Crippen LogP contribution in [-0.4, -0.2) is 29.1 Å². The molecule has 0 fully saturated rings. The zero-order valence-electron chi connectivity index (χ0n) is 6.85. The van der Waals surface area contributed by atoms with Crippen molar-refractivity contribution in [3.05, 3.63) is 29.6 Å². The van der Waals surface area contributed by atoms with E-state index < -0.39 is 11.9 Å².